The van der Waals surface area contributed by atoms with Gasteiger partial charge in [0.25, 0.3) is 0 Å². The van der Waals surface area contributed by atoms with Gasteiger partial charge in [0.15, 0.2) is 0 Å². The molecule has 1 saturated carbocycles. The summed E-state index contributed by atoms with van der Waals surface area (Å²) < 4.78 is 22.3. The van der Waals surface area contributed by atoms with Crippen LogP contribution in [-0.2, 0) is 9.84 Å². The third-order valence-corrected chi connectivity index (χ3v) is 4.37. The molecule has 0 atom stereocenters. The minimum absolute atomic E-state index is 0.156. The smallest absolute Gasteiger partial charge is 0.147 e. The Kier molecular flexibility index (Phi) is 3.58. The SMILES string of the molecule is CN(C)C1(CCS(C)(=O)=O)CCCC1. The first-order valence-electron chi connectivity index (χ1n) is 5.21. The fourth-order valence-electron chi connectivity index (χ4n) is 2.33. The van der Waals surface area contributed by atoms with E-state index in [9.17, 15) is 8.42 Å². The second kappa shape index (κ2) is 4.19. The highest BCUT2D eigenvalue weighted by Crippen LogP contribution is 2.36. The van der Waals surface area contributed by atoms with Gasteiger partial charge in [-0.1, -0.05) is 12.8 Å². The lowest BCUT2D eigenvalue weighted by Crippen LogP contribution is -2.42. The van der Waals surface area contributed by atoms with Crippen molar-refractivity contribution in [3.63, 3.8) is 0 Å². The van der Waals surface area contributed by atoms with Gasteiger partial charge in [0, 0.05) is 11.8 Å². The maximum absolute atomic E-state index is 11.1. The third kappa shape index (κ3) is 2.95. The first-order chi connectivity index (χ1) is 6.36. The van der Waals surface area contributed by atoms with E-state index in [0.717, 1.165) is 19.3 Å². The van der Waals surface area contributed by atoms with Crippen molar-refractivity contribution in [1.82, 2.24) is 4.90 Å². The molecule has 1 aliphatic rings. The molecule has 0 radical (unpaired) electrons. The van der Waals surface area contributed by atoms with Gasteiger partial charge in [-0.3, -0.25) is 0 Å². The normalized spacial score (nSPS) is 21.7. The molecule has 1 aliphatic carbocycles. The van der Waals surface area contributed by atoms with E-state index in [-0.39, 0.29) is 5.54 Å². The molecule has 0 unspecified atom stereocenters. The minimum Gasteiger partial charge on any atom is -0.304 e. The van der Waals surface area contributed by atoms with Crippen molar-refractivity contribution in [3.05, 3.63) is 0 Å². The fourth-order valence-corrected chi connectivity index (χ4v) is 3.08. The monoisotopic (exact) mass is 219 g/mol. The Labute approximate surface area is 87.4 Å². The zero-order valence-corrected chi connectivity index (χ0v) is 10.2. The van der Waals surface area contributed by atoms with Crippen molar-refractivity contribution in [2.75, 3.05) is 26.1 Å². The van der Waals surface area contributed by atoms with Gasteiger partial charge in [-0.15, -0.1) is 0 Å². The highest BCUT2D eigenvalue weighted by Gasteiger charge is 2.36. The summed E-state index contributed by atoms with van der Waals surface area (Å²) in [7, 11) is 1.32. The molecule has 1 rings (SSSR count). The molecule has 0 spiro atoms. The fraction of sp³-hybridized carbons (Fsp3) is 1.00. The Hall–Kier alpha value is -0.0900. The van der Waals surface area contributed by atoms with E-state index >= 15 is 0 Å². The third-order valence-electron chi connectivity index (χ3n) is 3.42. The zero-order valence-electron chi connectivity index (χ0n) is 9.41. The van der Waals surface area contributed by atoms with Gasteiger partial charge in [0.2, 0.25) is 0 Å². The van der Waals surface area contributed by atoms with Crippen LogP contribution in [0.3, 0.4) is 0 Å². The molecule has 0 bridgehead atoms. The van der Waals surface area contributed by atoms with E-state index in [1.54, 1.807) is 0 Å². The molecule has 0 heterocycles. The van der Waals surface area contributed by atoms with Gasteiger partial charge in [-0.05, 0) is 33.4 Å². The molecule has 0 aromatic heterocycles. The van der Waals surface area contributed by atoms with Crippen LogP contribution in [0, 0.1) is 0 Å². The molecule has 84 valence electrons. The molecule has 0 N–H and O–H groups in total. The number of hydrogen-bond acceptors (Lipinski definition) is 3. The van der Waals surface area contributed by atoms with Crippen LogP contribution < -0.4 is 0 Å². The molecule has 0 saturated heterocycles. The van der Waals surface area contributed by atoms with Crippen molar-refractivity contribution in [1.29, 1.82) is 0 Å². The number of hydrogen-bond donors (Lipinski definition) is 0. The van der Waals surface area contributed by atoms with E-state index in [4.69, 9.17) is 0 Å². The lowest BCUT2D eigenvalue weighted by Gasteiger charge is -2.36. The maximum Gasteiger partial charge on any atom is 0.147 e. The van der Waals surface area contributed by atoms with Crippen LogP contribution in [-0.4, -0.2) is 45.0 Å². The molecule has 1 fully saturated rings. The Balaban J connectivity index is 2.61. The molecule has 3 nitrogen and oxygen atoms in total. The topological polar surface area (TPSA) is 37.4 Å². The molecule has 0 aromatic carbocycles. The van der Waals surface area contributed by atoms with Crippen LogP contribution >= 0.6 is 0 Å². The van der Waals surface area contributed by atoms with E-state index < -0.39 is 9.84 Å². The van der Waals surface area contributed by atoms with E-state index in [1.807, 2.05) is 0 Å². The van der Waals surface area contributed by atoms with Crippen molar-refractivity contribution >= 4 is 9.84 Å². The second-order valence-corrected chi connectivity index (χ2v) is 6.97. The summed E-state index contributed by atoms with van der Waals surface area (Å²) in [5, 5.41) is 0. The molecular weight excluding hydrogens is 198 g/mol. The van der Waals surface area contributed by atoms with Gasteiger partial charge >= 0.3 is 0 Å². The average molecular weight is 219 g/mol. The maximum atomic E-state index is 11.1. The molecule has 4 heteroatoms. The molecular formula is C10H21NO2S. The summed E-state index contributed by atoms with van der Waals surface area (Å²) in [4.78, 5) is 2.21. The van der Waals surface area contributed by atoms with Gasteiger partial charge < -0.3 is 4.90 Å². The zero-order chi connectivity index (χ0) is 10.8. The minimum atomic E-state index is -2.81. The average Bonchev–Trinajstić information content (AvgIpc) is 2.48. The van der Waals surface area contributed by atoms with Crippen molar-refractivity contribution < 1.29 is 8.42 Å². The largest absolute Gasteiger partial charge is 0.304 e. The Morgan fingerprint density at radius 1 is 1.21 bits per heavy atom. The van der Waals surface area contributed by atoms with Crippen molar-refractivity contribution in [3.8, 4) is 0 Å². The van der Waals surface area contributed by atoms with E-state index in [2.05, 4.69) is 19.0 Å². The molecule has 0 aromatic rings. The number of nitrogens with zero attached hydrogens (tertiary/aromatic N) is 1. The number of rotatable bonds is 4. The van der Waals surface area contributed by atoms with Crippen LogP contribution in [0.25, 0.3) is 0 Å². The highest BCUT2D eigenvalue weighted by atomic mass is 32.2. The molecule has 0 aliphatic heterocycles. The van der Waals surface area contributed by atoms with Gasteiger partial charge in [-0.25, -0.2) is 8.42 Å². The predicted molar refractivity (Wildman–Crippen MR) is 59.2 cm³/mol. The summed E-state index contributed by atoms with van der Waals surface area (Å²) in [5.41, 5.74) is 0.156. The summed E-state index contributed by atoms with van der Waals surface area (Å²) in [5.74, 6) is 0.325. The van der Waals surface area contributed by atoms with Crippen LogP contribution in [0.15, 0.2) is 0 Å². The summed E-state index contributed by atoms with van der Waals surface area (Å²) in [6, 6.07) is 0. The van der Waals surface area contributed by atoms with E-state index in [0.29, 0.717) is 5.75 Å². The van der Waals surface area contributed by atoms with Crippen LogP contribution in [0.4, 0.5) is 0 Å². The first-order valence-corrected chi connectivity index (χ1v) is 7.27. The number of sulfone groups is 1. The Bertz CT molecular complexity index is 276. The van der Waals surface area contributed by atoms with Crippen molar-refractivity contribution in [2.45, 2.75) is 37.6 Å². The molecule has 14 heavy (non-hydrogen) atoms. The quantitative estimate of drug-likeness (QED) is 0.715. The molecule has 0 amide bonds. The summed E-state index contributed by atoms with van der Waals surface area (Å²) >= 11 is 0. The summed E-state index contributed by atoms with van der Waals surface area (Å²) in [6.45, 7) is 0. The van der Waals surface area contributed by atoms with Crippen molar-refractivity contribution in [2.24, 2.45) is 0 Å². The predicted octanol–water partition coefficient (Wildman–Crippen LogP) is 1.30. The van der Waals surface area contributed by atoms with Crippen LogP contribution in [0.5, 0.6) is 0 Å². The Morgan fingerprint density at radius 2 is 1.71 bits per heavy atom. The van der Waals surface area contributed by atoms with Gasteiger partial charge in [0.05, 0.1) is 5.75 Å². The second-order valence-electron chi connectivity index (χ2n) is 4.71. The Morgan fingerprint density at radius 3 is 2.07 bits per heavy atom. The first kappa shape index (κ1) is 12.0. The standard InChI is InChI=1S/C10H21NO2S/c1-11(2)10(6-4-5-7-10)8-9-14(3,12)13/h4-9H2,1-3H3. The van der Waals surface area contributed by atoms with E-state index in [1.165, 1.54) is 19.1 Å². The van der Waals surface area contributed by atoms with Crippen LogP contribution in [0.1, 0.15) is 32.1 Å². The highest BCUT2D eigenvalue weighted by molar-refractivity contribution is 7.90. The lowest BCUT2D eigenvalue weighted by molar-refractivity contribution is 0.153. The van der Waals surface area contributed by atoms with Gasteiger partial charge in [-0.2, -0.15) is 0 Å². The summed E-state index contributed by atoms with van der Waals surface area (Å²) in [6.07, 6.45) is 6.89. The van der Waals surface area contributed by atoms with Gasteiger partial charge in [0.1, 0.15) is 9.84 Å². The van der Waals surface area contributed by atoms with Crippen LogP contribution in [0.2, 0.25) is 0 Å². The lowest BCUT2D eigenvalue weighted by atomic mass is 9.93.